The van der Waals surface area contributed by atoms with Gasteiger partial charge in [-0.15, -0.1) is 0 Å². The quantitative estimate of drug-likeness (QED) is 0.784. The van der Waals surface area contributed by atoms with Crippen molar-refractivity contribution < 1.29 is 4.74 Å². The highest BCUT2D eigenvalue weighted by atomic mass is 16.5. The molecule has 5 heteroatoms. The Hall–Kier alpha value is -1.75. The number of ether oxygens (including phenoxy) is 1. The van der Waals surface area contributed by atoms with Crippen molar-refractivity contribution in [1.82, 2.24) is 9.97 Å². The predicted molar refractivity (Wildman–Crippen MR) is 82.0 cm³/mol. The van der Waals surface area contributed by atoms with Crippen molar-refractivity contribution in [1.29, 1.82) is 0 Å². The van der Waals surface area contributed by atoms with Crippen molar-refractivity contribution in [2.75, 3.05) is 23.7 Å². The first-order valence-electron chi connectivity index (χ1n) is 6.95. The number of hydrogen-bond acceptors (Lipinski definition) is 4. The number of nitrogen functional groups attached to an aromatic ring is 1. The topological polar surface area (TPSA) is 67.2 Å². The zero-order chi connectivity index (χ0) is 14.5. The molecule has 0 aliphatic carbocycles. The summed E-state index contributed by atoms with van der Waals surface area (Å²) in [6.07, 6.45) is 0. The van der Waals surface area contributed by atoms with E-state index in [0.717, 1.165) is 35.8 Å². The van der Waals surface area contributed by atoms with Crippen LogP contribution in [0.15, 0.2) is 18.2 Å². The van der Waals surface area contributed by atoms with E-state index in [2.05, 4.69) is 42.6 Å². The molecule has 0 saturated carbocycles. The van der Waals surface area contributed by atoms with Crippen molar-refractivity contribution in [3.63, 3.8) is 0 Å². The van der Waals surface area contributed by atoms with Crippen LogP contribution in [0.2, 0.25) is 0 Å². The number of hydrogen-bond donors (Lipinski definition) is 2. The van der Waals surface area contributed by atoms with Crippen LogP contribution in [0.3, 0.4) is 0 Å². The summed E-state index contributed by atoms with van der Waals surface area (Å²) in [5, 5.41) is 0. The summed E-state index contributed by atoms with van der Waals surface area (Å²) in [4.78, 5) is 10.3. The molecule has 3 rings (SSSR count). The summed E-state index contributed by atoms with van der Waals surface area (Å²) in [7, 11) is 0. The molecule has 5 nitrogen and oxygen atoms in total. The Labute approximate surface area is 119 Å². The summed E-state index contributed by atoms with van der Waals surface area (Å²) in [6, 6.07) is 5.74. The van der Waals surface area contributed by atoms with E-state index in [-0.39, 0.29) is 11.2 Å². The van der Waals surface area contributed by atoms with Crippen LogP contribution in [0.1, 0.15) is 27.7 Å². The lowest BCUT2D eigenvalue weighted by Gasteiger charge is -2.47. The number of anilines is 2. The van der Waals surface area contributed by atoms with Crippen LogP contribution in [0.5, 0.6) is 0 Å². The largest absolute Gasteiger partial charge is 0.399 e. The van der Waals surface area contributed by atoms with E-state index < -0.39 is 0 Å². The summed E-state index contributed by atoms with van der Waals surface area (Å²) in [6.45, 7) is 10.1. The Bertz CT molecular complexity index is 628. The molecule has 2 heterocycles. The maximum Gasteiger partial charge on any atom is 0.204 e. The number of aromatic nitrogens is 2. The molecular formula is C15H22N4O. The maximum absolute atomic E-state index is 6.10. The smallest absolute Gasteiger partial charge is 0.204 e. The van der Waals surface area contributed by atoms with Gasteiger partial charge in [0, 0.05) is 18.8 Å². The molecule has 0 bridgehead atoms. The lowest BCUT2D eigenvalue weighted by atomic mass is 9.99. The van der Waals surface area contributed by atoms with Gasteiger partial charge in [0.25, 0.3) is 0 Å². The number of H-pyrrole nitrogens is 1. The van der Waals surface area contributed by atoms with Gasteiger partial charge < -0.3 is 20.4 Å². The highest BCUT2D eigenvalue weighted by Crippen LogP contribution is 2.31. The first-order valence-corrected chi connectivity index (χ1v) is 6.95. The number of rotatable bonds is 1. The number of fused-ring (bicyclic) bond motifs is 1. The molecule has 1 fully saturated rings. The number of imidazole rings is 1. The number of nitrogens with one attached hydrogen (secondary N) is 1. The predicted octanol–water partition coefficient (Wildman–Crippen LogP) is 2.54. The Balaban J connectivity index is 1.97. The minimum atomic E-state index is -0.195. The number of aromatic amines is 1. The van der Waals surface area contributed by atoms with Crippen LogP contribution in [0.25, 0.3) is 11.0 Å². The molecule has 1 aliphatic rings. The lowest BCUT2D eigenvalue weighted by molar-refractivity contribution is -0.133. The van der Waals surface area contributed by atoms with Gasteiger partial charge in [0.1, 0.15) is 0 Å². The molecule has 1 aliphatic heterocycles. The molecule has 2 aromatic rings. The van der Waals surface area contributed by atoms with E-state index in [1.54, 1.807) is 0 Å². The Morgan fingerprint density at radius 3 is 2.50 bits per heavy atom. The highest BCUT2D eigenvalue weighted by molar-refractivity contribution is 5.80. The molecule has 1 saturated heterocycles. The average Bonchev–Trinajstić information content (AvgIpc) is 2.67. The van der Waals surface area contributed by atoms with Gasteiger partial charge in [-0.2, -0.15) is 0 Å². The molecule has 1 aromatic carbocycles. The Morgan fingerprint density at radius 1 is 1.20 bits per heavy atom. The third kappa shape index (κ3) is 2.45. The summed E-state index contributed by atoms with van der Waals surface area (Å²) < 4.78 is 6.10. The summed E-state index contributed by atoms with van der Waals surface area (Å²) in [5.41, 5.74) is 8.09. The van der Waals surface area contributed by atoms with E-state index in [1.807, 2.05) is 18.2 Å². The molecule has 0 spiro atoms. The van der Waals surface area contributed by atoms with Crippen LogP contribution in [0.4, 0.5) is 11.6 Å². The van der Waals surface area contributed by atoms with Gasteiger partial charge in [0.15, 0.2) is 0 Å². The van der Waals surface area contributed by atoms with E-state index in [9.17, 15) is 0 Å². The fraction of sp³-hybridized carbons (Fsp3) is 0.533. The van der Waals surface area contributed by atoms with Crippen LogP contribution in [0, 0.1) is 0 Å². The van der Waals surface area contributed by atoms with Crippen molar-refractivity contribution in [2.45, 2.75) is 38.9 Å². The molecule has 0 radical (unpaired) electrons. The molecule has 1 aromatic heterocycles. The van der Waals surface area contributed by atoms with Crippen molar-refractivity contribution >= 4 is 22.7 Å². The monoisotopic (exact) mass is 274 g/mol. The molecule has 0 atom stereocenters. The third-order valence-electron chi connectivity index (χ3n) is 3.49. The summed E-state index contributed by atoms with van der Waals surface area (Å²) >= 11 is 0. The zero-order valence-corrected chi connectivity index (χ0v) is 12.5. The van der Waals surface area contributed by atoms with Crippen molar-refractivity contribution in [2.24, 2.45) is 0 Å². The van der Waals surface area contributed by atoms with Gasteiger partial charge >= 0.3 is 0 Å². The van der Waals surface area contributed by atoms with Crippen molar-refractivity contribution in [3.8, 4) is 0 Å². The van der Waals surface area contributed by atoms with Gasteiger partial charge in [-0.1, -0.05) is 0 Å². The second kappa shape index (κ2) is 4.12. The van der Waals surface area contributed by atoms with Crippen LogP contribution in [-0.4, -0.2) is 34.3 Å². The average molecular weight is 274 g/mol. The lowest BCUT2D eigenvalue weighted by Crippen LogP contribution is -2.57. The number of nitrogens with two attached hydrogens (primary N) is 1. The normalized spacial score (nSPS) is 21.3. The minimum absolute atomic E-state index is 0.195. The van der Waals surface area contributed by atoms with Crippen molar-refractivity contribution in [3.05, 3.63) is 18.2 Å². The maximum atomic E-state index is 6.10. The first kappa shape index (κ1) is 13.2. The van der Waals surface area contributed by atoms with Gasteiger partial charge in [-0.3, -0.25) is 0 Å². The number of morpholine rings is 1. The van der Waals surface area contributed by atoms with E-state index >= 15 is 0 Å². The molecular weight excluding hydrogens is 252 g/mol. The van der Waals surface area contributed by atoms with Gasteiger partial charge in [-0.25, -0.2) is 4.98 Å². The minimum Gasteiger partial charge on any atom is -0.399 e. The van der Waals surface area contributed by atoms with Gasteiger partial charge in [0.2, 0.25) is 5.95 Å². The highest BCUT2D eigenvalue weighted by Gasteiger charge is 2.39. The third-order valence-corrected chi connectivity index (χ3v) is 3.49. The Morgan fingerprint density at radius 2 is 1.85 bits per heavy atom. The molecule has 0 amide bonds. The summed E-state index contributed by atoms with van der Waals surface area (Å²) in [5.74, 6) is 0.884. The molecule has 20 heavy (non-hydrogen) atoms. The Kier molecular flexibility index (Phi) is 2.73. The molecule has 0 unspecified atom stereocenters. The van der Waals surface area contributed by atoms with E-state index in [4.69, 9.17) is 10.5 Å². The van der Waals surface area contributed by atoms with Crippen LogP contribution >= 0.6 is 0 Å². The van der Waals surface area contributed by atoms with Gasteiger partial charge in [0.05, 0.1) is 22.2 Å². The van der Waals surface area contributed by atoms with E-state index in [1.165, 1.54) is 0 Å². The SMILES string of the molecule is CC1(C)CN(c2nc3ccc(N)cc3[nH]2)CC(C)(C)O1. The second-order valence-electron chi connectivity index (χ2n) is 6.81. The second-order valence-corrected chi connectivity index (χ2v) is 6.81. The van der Waals surface area contributed by atoms with Gasteiger partial charge in [-0.05, 0) is 45.9 Å². The molecule has 3 N–H and O–H groups in total. The number of nitrogens with zero attached hydrogens (tertiary/aromatic N) is 2. The fourth-order valence-corrected chi connectivity index (χ4v) is 3.10. The number of benzene rings is 1. The first-order chi connectivity index (χ1) is 9.24. The molecule has 108 valence electrons. The standard InChI is InChI=1S/C15H22N4O/c1-14(2)8-19(9-15(3,4)20-14)13-17-11-6-5-10(16)7-12(11)18-13/h5-7H,8-9,16H2,1-4H3,(H,17,18). The van der Waals surface area contributed by atoms with E-state index in [0.29, 0.717) is 0 Å². The fourth-order valence-electron chi connectivity index (χ4n) is 3.10. The van der Waals surface area contributed by atoms with Crippen LogP contribution < -0.4 is 10.6 Å². The van der Waals surface area contributed by atoms with Crippen LogP contribution in [-0.2, 0) is 4.74 Å². The zero-order valence-electron chi connectivity index (χ0n) is 12.5.